The smallest absolute Gasteiger partial charge is 0.273 e. The number of carbonyl (C=O) groups excluding carboxylic acids is 1. The number of hydrogen-bond donors (Lipinski definition) is 1. The van der Waals surface area contributed by atoms with Crippen LogP contribution in [-0.2, 0) is 0 Å². The highest BCUT2D eigenvalue weighted by molar-refractivity contribution is 7.99. The summed E-state index contributed by atoms with van der Waals surface area (Å²) in [5.41, 5.74) is 6.30. The second-order valence-electron chi connectivity index (χ2n) is 4.12. The molecule has 0 bridgehead atoms. The average molecular weight is 271 g/mol. The lowest BCUT2D eigenvalue weighted by molar-refractivity contribution is 0.0763. The van der Waals surface area contributed by atoms with Gasteiger partial charge in [-0.2, -0.15) is 11.8 Å². The van der Waals surface area contributed by atoms with Gasteiger partial charge in [0.25, 0.3) is 5.91 Å². The lowest BCUT2D eigenvalue weighted by Gasteiger charge is -2.18. The third-order valence-corrected chi connectivity index (χ3v) is 4.73. The van der Waals surface area contributed by atoms with Crippen LogP contribution in [0.15, 0.2) is 5.38 Å². The maximum Gasteiger partial charge on any atom is 0.273 e. The maximum atomic E-state index is 12.2. The Morgan fingerprint density at radius 1 is 1.53 bits per heavy atom. The van der Waals surface area contributed by atoms with Gasteiger partial charge in [-0.05, 0) is 19.1 Å². The first-order chi connectivity index (χ1) is 8.18. The lowest BCUT2D eigenvalue weighted by Crippen LogP contribution is -2.33. The zero-order chi connectivity index (χ0) is 12.3. The van der Waals surface area contributed by atoms with Crippen molar-refractivity contribution >= 4 is 29.0 Å². The van der Waals surface area contributed by atoms with E-state index in [1.807, 2.05) is 29.0 Å². The standard InChI is InChI=1S/C11H17N3OS2/c1-8(12)10-13-9(7-17-10)11(15)14-3-2-5-16-6-4-14/h7-8H,2-6,12H2,1H3. The van der Waals surface area contributed by atoms with Crippen LogP contribution in [0.2, 0.25) is 0 Å². The van der Waals surface area contributed by atoms with Crippen LogP contribution >= 0.6 is 23.1 Å². The summed E-state index contributed by atoms with van der Waals surface area (Å²) >= 11 is 3.38. The molecule has 1 aliphatic heterocycles. The number of carbonyl (C=O) groups is 1. The van der Waals surface area contributed by atoms with E-state index in [4.69, 9.17) is 5.73 Å². The Kier molecular flexibility index (Phi) is 4.42. The summed E-state index contributed by atoms with van der Waals surface area (Å²) in [5.74, 6) is 2.22. The molecule has 6 heteroatoms. The monoisotopic (exact) mass is 271 g/mol. The summed E-state index contributed by atoms with van der Waals surface area (Å²) in [6.45, 7) is 3.56. The molecule has 1 aromatic heterocycles. The molecule has 17 heavy (non-hydrogen) atoms. The minimum Gasteiger partial charge on any atom is -0.336 e. The Bertz CT molecular complexity index is 384. The van der Waals surface area contributed by atoms with E-state index in [-0.39, 0.29) is 11.9 Å². The maximum absolute atomic E-state index is 12.2. The van der Waals surface area contributed by atoms with Gasteiger partial charge in [0.15, 0.2) is 0 Å². The fraction of sp³-hybridized carbons (Fsp3) is 0.636. The van der Waals surface area contributed by atoms with E-state index in [0.29, 0.717) is 5.69 Å². The molecular weight excluding hydrogens is 254 g/mol. The number of aromatic nitrogens is 1. The van der Waals surface area contributed by atoms with Crippen molar-refractivity contribution in [2.45, 2.75) is 19.4 Å². The summed E-state index contributed by atoms with van der Waals surface area (Å²) in [5, 5.41) is 2.65. The summed E-state index contributed by atoms with van der Waals surface area (Å²) in [6, 6.07) is -0.0961. The van der Waals surface area contributed by atoms with Crippen LogP contribution in [0.25, 0.3) is 0 Å². The normalized spacial score (nSPS) is 18.8. The van der Waals surface area contributed by atoms with Crippen LogP contribution in [-0.4, -0.2) is 40.4 Å². The van der Waals surface area contributed by atoms with Crippen LogP contribution in [0.5, 0.6) is 0 Å². The Morgan fingerprint density at radius 2 is 2.35 bits per heavy atom. The van der Waals surface area contributed by atoms with Crippen molar-refractivity contribution in [3.63, 3.8) is 0 Å². The third-order valence-electron chi connectivity index (χ3n) is 2.64. The van der Waals surface area contributed by atoms with E-state index in [2.05, 4.69) is 4.98 Å². The van der Waals surface area contributed by atoms with E-state index in [1.165, 1.54) is 11.3 Å². The zero-order valence-corrected chi connectivity index (χ0v) is 11.5. The van der Waals surface area contributed by atoms with Crippen molar-refractivity contribution in [3.05, 3.63) is 16.1 Å². The van der Waals surface area contributed by atoms with Gasteiger partial charge in [-0.3, -0.25) is 4.79 Å². The number of thioether (sulfide) groups is 1. The summed E-state index contributed by atoms with van der Waals surface area (Å²) in [7, 11) is 0. The van der Waals surface area contributed by atoms with Gasteiger partial charge >= 0.3 is 0 Å². The van der Waals surface area contributed by atoms with Gasteiger partial charge in [-0.1, -0.05) is 0 Å². The molecule has 1 aromatic rings. The molecule has 0 spiro atoms. The highest BCUT2D eigenvalue weighted by atomic mass is 32.2. The van der Waals surface area contributed by atoms with E-state index < -0.39 is 0 Å². The molecule has 1 unspecified atom stereocenters. The topological polar surface area (TPSA) is 59.2 Å². The molecule has 94 valence electrons. The molecule has 0 aliphatic carbocycles. The highest BCUT2D eigenvalue weighted by Gasteiger charge is 2.20. The second kappa shape index (κ2) is 5.84. The number of rotatable bonds is 2. The fourth-order valence-corrected chi connectivity index (χ4v) is 3.34. The number of hydrogen-bond acceptors (Lipinski definition) is 5. The summed E-state index contributed by atoms with van der Waals surface area (Å²) in [6.07, 6.45) is 1.07. The average Bonchev–Trinajstić information content (AvgIpc) is 2.65. The molecule has 1 saturated heterocycles. The number of nitrogens with zero attached hydrogens (tertiary/aromatic N) is 2. The number of thiazole rings is 1. The van der Waals surface area contributed by atoms with Crippen molar-refractivity contribution in [3.8, 4) is 0 Å². The van der Waals surface area contributed by atoms with Gasteiger partial charge in [0.1, 0.15) is 10.7 Å². The van der Waals surface area contributed by atoms with Gasteiger partial charge in [0, 0.05) is 24.2 Å². The summed E-state index contributed by atoms with van der Waals surface area (Å²) in [4.78, 5) is 18.4. The van der Waals surface area contributed by atoms with Crippen molar-refractivity contribution in [1.29, 1.82) is 0 Å². The van der Waals surface area contributed by atoms with Gasteiger partial charge in [0.05, 0.1) is 6.04 Å². The highest BCUT2D eigenvalue weighted by Crippen LogP contribution is 2.18. The molecular formula is C11H17N3OS2. The molecule has 2 N–H and O–H groups in total. The molecule has 1 amide bonds. The molecule has 0 saturated carbocycles. The first-order valence-corrected chi connectivity index (χ1v) is 7.80. The number of amides is 1. The van der Waals surface area contributed by atoms with Crippen molar-refractivity contribution < 1.29 is 4.79 Å². The van der Waals surface area contributed by atoms with Gasteiger partial charge in [-0.15, -0.1) is 11.3 Å². The van der Waals surface area contributed by atoms with E-state index >= 15 is 0 Å². The predicted molar refractivity (Wildman–Crippen MR) is 72.6 cm³/mol. The molecule has 4 nitrogen and oxygen atoms in total. The predicted octanol–water partition coefficient (Wildman–Crippen LogP) is 1.74. The van der Waals surface area contributed by atoms with E-state index in [1.54, 1.807) is 0 Å². The SMILES string of the molecule is CC(N)c1nc(C(=O)N2CCCSCC2)cs1. The van der Waals surface area contributed by atoms with Crippen LogP contribution in [0.4, 0.5) is 0 Å². The largest absolute Gasteiger partial charge is 0.336 e. The van der Waals surface area contributed by atoms with Crippen molar-refractivity contribution in [2.24, 2.45) is 5.73 Å². The number of nitrogens with two attached hydrogens (primary N) is 1. The van der Waals surface area contributed by atoms with E-state index in [9.17, 15) is 4.79 Å². The molecule has 2 rings (SSSR count). The fourth-order valence-electron chi connectivity index (χ4n) is 1.71. The van der Waals surface area contributed by atoms with Crippen LogP contribution < -0.4 is 5.73 Å². The van der Waals surface area contributed by atoms with Crippen molar-refractivity contribution in [2.75, 3.05) is 24.6 Å². The molecule has 0 aromatic carbocycles. The van der Waals surface area contributed by atoms with Gasteiger partial charge in [-0.25, -0.2) is 4.98 Å². The minimum atomic E-state index is -0.0961. The molecule has 1 fully saturated rings. The lowest BCUT2D eigenvalue weighted by atomic mass is 10.3. The van der Waals surface area contributed by atoms with Gasteiger partial charge in [0.2, 0.25) is 0 Å². The molecule has 2 heterocycles. The first-order valence-electron chi connectivity index (χ1n) is 5.76. The Morgan fingerprint density at radius 3 is 3.06 bits per heavy atom. The van der Waals surface area contributed by atoms with E-state index in [0.717, 1.165) is 36.0 Å². The van der Waals surface area contributed by atoms with Crippen LogP contribution in [0.3, 0.4) is 0 Å². The quantitative estimate of drug-likeness (QED) is 0.890. The zero-order valence-electron chi connectivity index (χ0n) is 9.89. The Balaban J connectivity index is 2.06. The molecule has 1 aliphatic rings. The minimum absolute atomic E-state index is 0.0515. The molecule has 0 radical (unpaired) electrons. The molecule has 1 atom stereocenters. The first kappa shape index (κ1) is 12.9. The summed E-state index contributed by atoms with van der Waals surface area (Å²) < 4.78 is 0. The third kappa shape index (κ3) is 3.20. The second-order valence-corrected chi connectivity index (χ2v) is 6.23. The van der Waals surface area contributed by atoms with Gasteiger partial charge < -0.3 is 10.6 Å². The van der Waals surface area contributed by atoms with Crippen LogP contribution in [0.1, 0.15) is 34.9 Å². The Hall–Kier alpha value is -0.590. The van der Waals surface area contributed by atoms with Crippen molar-refractivity contribution in [1.82, 2.24) is 9.88 Å². The van der Waals surface area contributed by atoms with Crippen LogP contribution in [0, 0.1) is 0 Å². The Labute approximate surface area is 110 Å².